The Hall–Kier alpha value is -2.56. The molecule has 1 atom stereocenters. The second-order valence-corrected chi connectivity index (χ2v) is 6.31. The SMILES string of the molecule is CCNC(=NCC(C)Oc1ccccc1F)NCCNC(=O)c1ccc(O)cc1.I. The number of carbonyl (C=O) groups is 1. The molecule has 0 aliphatic carbocycles. The van der Waals surface area contributed by atoms with Gasteiger partial charge in [0.1, 0.15) is 11.9 Å². The zero-order chi connectivity index (χ0) is 21.1. The molecule has 0 heterocycles. The predicted molar refractivity (Wildman–Crippen MR) is 126 cm³/mol. The summed E-state index contributed by atoms with van der Waals surface area (Å²) in [6, 6.07) is 12.3. The van der Waals surface area contributed by atoms with Gasteiger partial charge in [-0.3, -0.25) is 4.79 Å². The molecule has 30 heavy (non-hydrogen) atoms. The first-order chi connectivity index (χ1) is 14.0. The van der Waals surface area contributed by atoms with E-state index in [4.69, 9.17) is 4.74 Å². The van der Waals surface area contributed by atoms with Crippen molar-refractivity contribution >= 4 is 35.8 Å². The normalized spacial score (nSPS) is 11.8. The Morgan fingerprint density at radius 1 is 1.10 bits per heavy atom. The zero-order valence-corrected chi connectivity index (χ0v) is 19.4. The van der Waals surface area contributed by atoms with Crippen molar-refractivity contribution in [2.24, 2.45) is 4.99 Å². The molecule has 0 fully saturated rings. The van der Waals surface area contributed by atoms with Crippen LogP contribution in [-0.2, 0) is 0 Å². The third-order valence-corrected chi connectivity index (χ3v) is 3.85. The Bertz CT molecular complexity index is 818. The number of benzene rings is 2. The minimum atomic E-state index is -0.405. The number of phenols is 1. The van der Waals surface area contributed by atoms with Crippen molar-refractivity contribution in [2.45, 2.75) is 20.0 Å². The summed E-state index contributed by atoms with van der Waals surface area (Å²) >= 11 is 0. The molecule has 0 bridgehead atoms. The summed E-state index contributed by atoms with van der Waals surface area (Å²) in [6.45, 7) is 5.64. The van der Waals surface area contributed by atoms with E-state index in [9.17, 15) is 14.3 Å². The Kier molecular flexibility index (Phi) is 11.6. The van der Waals surface area contributed by atoms with E-state index < -0.39 is 5.82 Å². The summed E-state index contributed by atoms with van der Waals surface area (Å²) in [5.41, 5.74) is 0.475. The van der Waals surface area contributed by atoms with Gasteiger partial charge in [-0.2, -0.15) is 0 Å². The summed E-state index contributed by atoms with van der Waals surface area (Å²) < 4.78 is 19.2. The fourth-order valence-corrected chi connectivity index (χ4v) is 2.43. The smallest absolute Gasteiger partial charge is 0.251 e. The van der Waals surface area contributed by atoms with Crippen LogP contribution in [0.4, 0.5) is 4.39 Å². The molecule has 4 N–H and O–H groups in total. The zero-order valence-electron chi connectivity index (χ0n) is 17.0. The third-order valence-electron chi connectivity index (χ3n) is 3.85. The molecule has 0 aliphatic heterocycles. The first-order valence-electron chi connectivity index (χ1n) is 9.50. The van der Waals surface area contributed by atoms with Crippen LogP contribution in [0.2, 0.25) is 0 Å². The van der Waals surface area contributed by atoms with Gasteiger partial charge in [-0.05, 0) is 50.2 Å². The number of aliphatic imine (C=N–C) groups is 1. The van der Waals surface area contributed by atoms with Crippen molar-refractivity contribution in [2.75, 3.05) is 26.2 Å². The number of phenolic OH excluding ortho intramolecular Hbond substituents is 1. The largest absolute Gasteiger partial charge is 0.508 e. The van der Waals surface area contributed by atoms with E-state index in [0.717, 1.165) is 0 Å². The summed E-state index contributed by atoms with van der Waals surface area (Å²) in [5.74, 6) is 0.266. The number of rotatable bonds is 9. The van der Waals surface area contributed by atoms with Crippen LogP contribution in [0.15, 0.2) is 53.5 Å². The van der Waals surface area contributed by atoms with E-state index in [1.165, 1.54) is 18.2 Å². The number of nitrogens with one attached hydrogen (secondary N) is 3. The van der Waals surface area contributed by atoms with Gasteiger partial charge in [0.25, 0.3) is 5.91 Å². The molecule has 2 aromatic rings. The maximum absolute atomic E-state index is 13.7. The number of ether oxygens (including phenoxy) is 1. The molecular formula is C21H28FIN4O3. The Morgan fingerprint density at radius 3 is 2.43 bits per heavy atom. The lowest BCUT2D eigenvalue weighted by atomic mass is 10.2. The maximum atomic E-state index is 13.7. The molecule has 7 nitrogen and oxygen atoms in total. The molecule has 0 radical (unpaired) electrons. The Morgan fingerprint density at radius 2 is 1.77 bits per heavy atom. The first-order valence-corrected chi connectivity index (χ1v) is 9.50. The fraction of sp³-hybridized carbons (Fsp3) is 0.333. The molecule has 0 aliphatic rings. The van der Waals surface area contributed by atoms with Gasteiger partial charge in [0.2, 0.25) is 0 Å². The molecule has 1 amide bonds. The van der Waals surface area contributed by atoms with Gasteiger partial charge in [-0.25, -0.2) is 9.38 Å². The van der Waals surface area contributed by atoms with Gasteiger partial charge in [0, 0.05) is 25.2 Å². The third kappa shape index (κ3) is 8.85. The van der Waals surface area contributed by atoms with Crippen LogP contribution in [0.3, 0.4) is 0 Å². The van der Waals surface area contributed by atoms with Crippen molar-refractivity contribution in [3.05, 3.63) is 59.9 Å². The van der Waals surface area contributed by atoms with E-state index >= 15 is 0 Å². The molecule has 0 aromatic heterocycles. The predicted octanol–water partition coefficient (Wildman–Crippen LogP) is 2.90. The van der Waals surface area contributed by atoms with Crippen molar-refractivity contribution in [3.63, 3.8) is 0 Å². The van der Waals surface area contributed by atoms with E-state index in [2.05, 4.69) is 20.9 Å². The van der Waals surface area contributed by atoms with Crippen LogP contribution < -0.4 is 20.7 Å². The van der Waals surface area contributed by atoms with Gasteiger partial charge in [0.05, 0.1) is 6.54 Å². The summed E-state index contributed by atoms with van der Waals surface area (Å²) in [5, 5.41) is 18.3. The number of hydrogen-bond acceptors (Lipinski definition) is 4. The van der Waals surface area contributed by atoms with Gasteiger partial charge in [-0.15, -0.1) is 24.0 Å². The molecule has 9 heteroatoms. The van der Waals surface area contributed by atoms with Gasteiger partial charge >= 0.3 is 0 Å². The molecule has 0 saturated heterocycles. The molecule has 0 saturated carbocycles. The number of halogens is 2. The lowest BCUT2D eigenvalue weighted by Gasteiger charge is -2.15. The van der Waals surface area contributed by atoms with Gasteiger partial charge in [-0.1, -0.05) is 12.1 Å². The standard InChI is InChI=1S/C21H27FN4O3.HI/c1-3-23-21(26-14-15(2)29-19-7-5-4-6-18(19)22)25-13-12-24-20(28)16-8-10-17(27)11-9-16;/h4-11,15,27H,3,12-14H2,1-2H3,(H,24,28)(H2,23,25,26);1H. The summed E-state index contributed by atoms with van der Waals surface area (Å²) in [4.78, 5) is 16.5. The molecule has 1 unspecified atom stereocenters. The van der Waals surface area contributed by atoms with Crippen LogP contribution in [0, 0.1) is 5.82 Å². The Labute approximate surface area is 193 Å². The lowest BCUT2D eigenvalue weighted by Crippen LogP contribution is -2.42. The van der Waals surface area contributed by atoms with Crippen LogP contribution in [0.5, 0.6) is 11.5 Å². The van der Waals surface area contributed by atoms with E-state index in [0.29, 0.717) is 37.7 Å². The lowest BCUT2D eigenvalue weighted by molar-refractivity contribution is 0.0954. The topological polar surface area (TPSA) is 95.0 Å². The minimum absolute atomic E-state index is 0. The summed E-state index contributed by atoms with van der Waals surface area (Å²) in [7, 11) is 0. The number of amides is 1. The van der Waals surface area contributed by atoms with Crippen molar-refractivity contribution in [1.82, 2.24) is 16.0 Å². The number of aromatic hydroxyl groups is 1. The average Bonchev–Trinajstić information content (AvgIpc) is 2.71. The van der Waals surface area contributed by atoms with Crippen molar-refractivity contribution in [3.8, 4) is 11.5 Å². The Balaban J connectivity index is 0.00000450. The number of guanidine groups is 1. The first kappa shape index (κ1) is 25.5. The second kappa shape index (κ2) is 13.6. The number of hydrogen-bond donors (Lipinski definition) is 4. The van der Waals surface area contributed by atoms with Gasteiger partial charge in [0.15, 0.2) is 17.5 Å². The quantitative estimate of drug-likeness (QED) is 0.173. The maximum Gasteiger partial charge on any atom is 0.251 e. The number of carbonyl (C=O) groups excluding carboxylic acids is 1. The highest BCUT2D eigenvalue weighted by Gasteiger charge is 2.08. The average molecular weight is 530 g/mol. The highest BCUT2D eigenvalue weighted by molar-refractivity contribution is 14.0. The van der Waals surface area contributed by atoms with Crippen molar-refractivity contribution < 1.29 is 19.0 Å². The molecule has 0 spiro atoms. The minimum Gasteiger partial charge on any atom is -0.508 e. The van der Waals surface area contributed by atoms with Gasteiger partial charge < -0.3 is 25.8 Å². The number of nitrogens with zero attached hydrogens (tertiary/aromatic N) is 1. The molecule has 2 aromatic carbocycles. The van der Waals surface area contributed by atoms with E-state index in [-0.39, 0.29) is 47.5 Å². The number of para-hydroxylation sites is 1. The molecular weight excluding hydrogens is 502 g/mol. The van der Waals surface area contributed by atoms with Crippen molar-refractivity contribution in [1.29, 1.82) is 0 Å². The van der Waals surface area contributed by atoms with E-state index in [1.807, 2.05) is 13.8 Å². The monoisotopic (exact) mass is 530 g/mol. The molecule has 2 rings (SSSR count). The highest BCUT2D eigenvalue weighted by Crippen LogP contribution is 2.17. The van der Waals surface area contributed by atoms with Crippen LogP contribution in [0.1, 0.15) is 24.2 Å². The van der Waals surface area contributed by atoms with E-state index in [1.54, 1.807) is 30.3 Å². The van der Waals surface area contributed by atoms with Crippen LogP contribution >= 0.6 is 24.0 Å². The highest BCUT2D eigenvalue weighted by atomic mass is 127. The molecule has 164 valence electrons. The van der Waals surface area contributed by atoms with Crippen LogP contribution in [-0.4, -0.2) is 49.3 Å². The summed E-state index contributed by atoms with van der Waals surface area (Å²) in [6.07, 6.45) is -0.309. The van der Waals surface area contributed by atoms with Crippen LogP contribution in [0.25, 0.3) is 0 Å². The second-order valence-electron chi connectivity index (χ2n) is 6.31. The fourth-order valence-electron chi connectivity index (χ4n) is 2.43.